The lowest BCUT2D eigenvalue weighted by Crippen LogP contribution is -1.91. The highest BCUT2D eigenvalue weighted by Crippen LogP contribution is 2.45. The van der Waals surface area contributed by atoms with Gasteiger partial charge in [-0.2, -0.15) is 0 Å². The van der Waals surface area contributed by atoms with Gasteiger partial charge in [-0.05, 0) is 90.0 Å². The van der Waals surface area contributed by atoms with Crippen molar-refractivity contribution in [3.05, 3.63) is 158 Å². The molecule has 0 atom stereocenters. The van der Waals surface area contributed by atoms with Gasteiger partial charge < -0.3 is 4.42 Å². The predicted octanol–water partition coefficient (Wildman–Crippen LogP) is 12.0. The maximum absolute atomic E-state index is 9.24. The zero-order valence-electron chi connectivity index (χ0n) is 30.8. The van der Waals surface area contributed by atoms with E-state index in [0.29, 0.717) is 27.9 Å². The minimum atomic E-state index is -0.434. The Balaban J connectivity index is 1.43. The van der Waals surface area contributed by atoms with Gasteiger partial charge in [0.05, 0.1) is 11.0 Å². The molecule has 0 saturated carbocycles. The second-order valence-electron chi connectivity index (χ2n) is 10.7. The molecule has 43 heavy (non-hydrogen) atoms. The molecule has 0 fully saturated rings. The van der Waals surface area contributed by atoms with Crippen LogP contribution in [0.2, 0.25) is 0 Å². The first-order valence-electron chi connectivity index (χ1n) is 18.1. The van der Waals surface area contributed by atoms with E-state index in [-0.39, 0.29) is 51.3 Å². The number of rotatable bonds is 3. The third-order valence-corrected chi connectivity index (χ3v) is 8.28. The Labute approximate surface area is 260 Å². The van der Waals surface area contributed by atoms with E-state index in [1.54, 1.807) is 6.07 Å². The van der Waals surface area contributed by atoms with Gasteiger partial charge in [-0.3, -0.25) is 0 Å². The molecule has 0 aliphatic heterocycles. The summed E-state index contributed by atoms with van der Waals surface area (Å²) in [5.41, 5.74) is 4.82. The van der Waals surface area contributed by atoms with Crippen molar-refractivity contribution in [3.63, 3.8) is 0 Å². The molecular weight excluding hydrogens is 520 g/mol. The van der Waals surface area contributed by atoms with Crippen molar-refractivity contribution >= 4 is 54.3 Å². The van der Waals surface area contributed by atoms with Crippen LogP contribution in [0.15, 0.2) is 162 Å². The van der Waals surface area contributed by atoms with Gasteiger partial charge in [-0.15, -0.1) is 0 Å². The number of benzene rings is 8. The zero-order chi connectivity index (χ0) is 35.3. The highest BCUT2D eigenvalue weighted by molar-refractivity contribution is 6.22. The van der Waals surface area contributed by atoms with Gasteiger partial charge >= 0.3 is 0 Å². The Morgan fingerprint density at radius 2 is 0.860 bits per heavy atom. The van der Waals surface area contributed by atoms with E-state index >= 15 is 0 Å². The van der Waals surface area contributed by atoms with E-state index in [9.17, 15) is 5.48 Å². The number of furan rings is 1. The highest BCUT2D eigenvalue weighted by atomic mass is 16.3. The summed E-state index contributed by atoms with van der Waals surface area (Å²) in [6.45, 7) is 0. The van der Waals surface area contributed by atoms with Crippen LogP contribution in [0.1, 0.15) is 11.0 Å². The molecule has 8 aromatic carbocycles. The molecule has 0 aliphatic rings. The van der Waals surface area contributed by atoms with Crippen molar-refractivity contribution in [2.45, 2.75) is 0 Å². The molecule has 0 N–H and O–H groups in total. The standard InChI is InChI=1S/C42H26O/c1-2-10-27(11-3-1)28-18-20-29(21-19-28)41-34-14-6-8-16-36(34)42(37-17-9-7-15-35(37)41)32-22-23-33-38-24-30-12-4-5-13-31(30)25-40(38)43-39(33)26-32/h1-26H/i6D,7D,8D,9D,14D,15D,16D,17D. The molecule has 200 valence electrons. The van der Waals surface area contributed by atoms with Crippen molar-refractivity contribution < 1.29 is 15.4 Å². The zero-order valence-corrected chi connectivity index (χ0v) is 22.8. The summed E-state index contributed by atoms with van der Waals surface area (Å²) in [7, 11) is 0. The number of fused-ring (bicyclic) bond motifs is 6. The topological polar surface area (TPSA) is 13.1 Å². The SMILES string of the molecule is [2H]c1c([2H])c([2H])c2c(-c3ccc4c(c3)oc3cc5ccccc5cc34)c3c([2H])c([2H])c([2H])c([2H])c3c(-c3ccc(-c4ccccc4)cc3)c2c1[2H]. The first-order chi connectivity index (χ1) is 24.6. The second kappa shape index (κ2) is 9.44. The van der Waals surface area contributed by atoms with Crippen LogP contribution in [0, 0.1) is 0 Å². The Hall–Kier alpha value is -5.66. The molecule has 0 amide bonds. The summed E-state index contributed by atoms with van der Waals surface area (Å²) in [5.74, 6) is 0. The molecule has 1 nitrogen and oxygen atoms in total. The highest BCUT2D eigenvalue weighted by Gasteiger charge is 2.18. The van der Waals surface area contributed by atoms with Crippen molar-refractivity contribution in [3.8, 4) is 33.4 Å². The minimum absolute atomic E-state index is 0.168. The van der Waals surface area contributed by atoms with Gasteiger partial charge in [-0.1, -0.05) is 133 Å². The van der Waals surface area contributed by atoms with Crippen LogP contribution in [-0.4, -0.2) is 0 Å². The van der Waals surface area contributed by atoms with Crippen LogP contribution in [0.3, 0.4) is 0 Å². The van der Waals surface area contributed by atoms with E-state index in [1.807, 2.05) is 97.1 Å². The van der Waals surface area contributed by atoms with Crippen molar-refractivity contribution in [2.24, 2.45) is 0 Å². The van der Waals surface area contributed by atoms with Gasteiger partial charge in [0.2, 0.25) is 0 Å². The fourth-order valence-electron chi connectivity index (χ4n) is 6.28. The molecular formula is C42H26O. The average molecular weight is 555 g/mol. The molecule has 9 aromatic rings. The molecule has 1 heterocycles. The Morgan fingerprint density at radius 1 is 0.372 bits per heavy atom. The van der Waals surface area contributed by atoms with E-state index in [2.05, 4.69) is 6.07 Å². The van der Waals surface area contributed by atoms with E-state index in [1.165, 1.54) is 0 Å². The van der Waals surface area contributed by atoms with Gasteiger partial charge in [-0.25, -0.2) is 0 Å². The molecule has 1 aromatic heterocycles. The second-order valence-corrected chi connectivity index (χ2v) is 10.7. The van der Waals surface area contributed by atoms with Crippen LogP contribution in [0.5, 0.6) is 0 Å². The molecule has 0 radical (unpaired) electrons. The summed E-state index contributed by atoms with van der Waals surface area (Å²) >= 11 is 0. The van der Waals surface area contributed by atoms with Gasteiger partial charge in [0.15, 0.2) is 0 Å². The minimum Gasteiger partial charge on any atom is -0.456 e. The molecule has 0 saturated heterocycles. The lowest BCUT2D eigenvalue weighted by atomic mass is 9.85. The number of hydrogen-bond acceptors (Lipinski definition) is 1. The third-order valence-electron chi connectivity index (χ3n) is 8.28. The van der Waals surface area contributed by atoms with Crippen LogP contribution < -0.4 is 0 Å². The Bertz CT molecular complexity index is 2850. The van der Waals surface area contributed by atoms with E-state index in [4.69, 9.17) is 9.90 Å². The summed E-state index contributed by atoms with van der Waals surface area (Å²) < 4.78 is 78.1. The summed E-state index contributed by atoms with van der Waals surface area (Å²) in [4.78, 5) is 0. The molecule has 0 spiro atoms. The fraction of sp³-hybridized carbons (Fsp3) is 0. The van der Waals surface area contributed by atoms with Gasteiger partial charge in [0.25, 0.3) is 0 Å². The predicted molar refractivity (Wildman–Crippen MR) is 183 cm³/mol. The van der Waals surface area contributed by atoms with E-state index in [0.717, 1.165) is 32.7 Å². The average Bonchev–Trinajstić information content (AvgIpc) is 3.52. The lowest BCUT2D eigenvalue weighted by molar-refractivity contribution is 0.669. The molecule has 9 rings (SSSR count). The molecule has 0 bridgehead atoms. The third kappa shape index (κ3) is 3.79. The first kappa shape index (κ1) is 17.3. The summed E-state index contributed by atoms with van der Waals surface area (Å²) in [6.07, 6.45) is 0. The van der Waals surface area contributed by atoms with Gasteiger partial charge in [0, 0.05) is 10.8 Å². The smallest absolute Gasteiger partial charge is 0.136 e. The van der Waals surface area contributed by atoms with Crippen LogP contribution in [-0.2, 0) is 0 Å². The normalized spacial score (nSPS) is 14.3. The fourth-order valence-corrected chi connectivity index (χ4v) is 6.28. The summed E-state index contributed by atoms with van der Waals surface area (Å²) in [6, 6.07) is 32.0. The lowest BCUT2D eigenvalue weighted by Gasteiger charge is -2.18. The van der Waals surface area contributed by atoms with Crippen LogP contribution >= 0.6 is 0 Å². The Morgan fingerprint density at radius 3 is 1.51 bits per heavy atom. The van der Waals surface area contributed by atoms with Gasteiger partial charge in [0.1, 0.15) is 11.2 Å². The van der Waals surface area contributed by atoms with Crippen molar-refractivity contribution in [2.75, 3.05) is 0 Å². The molecule has 1 heteroatoms. The molecule has 0 aliphatic carbocycles. The maximum Gasteiger partial charge on any atom is 0.136 e. The number of hydrogen-bond donors (Lipinski definition) is 0. The summed E-state index contributed by atoms with van der Waals surface area (Å²) in [5, 5.41) is 4.56. The molecule has 0 unspecified atom stereocenters. The quantitative estimate of drug-likeness (QED) is 0.198. The first-order valence-corrected chi connectivity index (χ1v) is 14.1. The van der Waals surface area contributed by atoms with Crippen molar-refractivity contribution in [1.29, 1.82) is 0 Å². The van der Waals surface area contributed by atoms with Crippen molar-refractivity contribution in [1.82, 2.24) is 0 Å². The van der Waals surface area contributed by atoms with Crippen LogP contribution in [0.25, 0.3) is 87.6 Å². The largest absolute Gasteiger partial charge is 0.456 e. The van der Waals surface area contributed by atoms with Crippen LogP contribution in [0.4, 0.5) is 0 Å². The Kier molecular flexibility index (Phi) is 3.80. The monoisotopic (exact) mass is 554 g/mol. The van der Waals surface area contributed by atoms with E-state index < -0.39 is 24.2 Å². The maximum atomic E-state index is 9.24.